The smallest absolute Gasteiger partial charge is 0.227 e. The molecule has 1 unspecified atom stereocenters. The van der Waals surface area contributed by atoms with Crippen molar-refractivity contribution >= 4 is 28.2 Å². The highest BCUT2D eigenvalue weighted by Gasteiger charge is 2.25. The van der Waals surface area contributed by atoms with Crippen LogP contribution in [-0.2, 0) is 11.3 Å². The SMILES string of the molecule is COc1ccc(-c2cccc3cnc(Nc4cccc(N5CCCC5COCc5ccccc5)c4)nc23)cc1. The van der Waals surface area contributed by atoms with Crippen LogP contribution in [0, 0.1) is 0 Å². The summed E-state index contributed by atoms with van der Waals surface area (Å²) in [6, 6.07) is 33.4. The summed E-state index contributed by atoms with van der Waals surface area (Å²) >= 11 is 0. The van der Waals surface area contributed by atoms with Crippen molar-refractivity contribution in [3.05, 3.63) is 109 Å². The summed E-state index contributed by atoms with van der Waals surface area (Å²) in [5.74, 6) is 1.41. The fraction of sp³-hybridized carbons (Fsp3) is 0.212. The largest absolute Gasteiger partial charge is 0.497 e. The number of rotatable bonds is 9. The fourth-order valence-electron chi connectivity index (χ4n) is 5.25. The molecule has 1 aliphatic rings. The molecule has 6 rings (SSSR count). The second-order valence-corrected chi connectivity index (χ2v) is 9.83. The Balaban J connectivity index is 1.18. The molecule has 39 heavy (non-hydrogen) atoms. The number of aromatic nitrogens is 2. The Hall–Kier alpha value is -4.42. The lowest BCUT2D eigenvalue weighted by atomic mass is 10.0. The van der Waals surface area contributed by atoms with Gasteiger partial charge in [-0.05, 0) is 54.3 Å². The Morgan fingerprint density at radius 1 is 0.923 bits per heavy atom. The van der Waals surface area contributed by atoms with E-state index in [0.717, 1.165) is 46.4 Å². The predicted octanol–water partition coefficient (Wildman–Crippen LogP) is 7.23. The van der Waals surface area contributed by atoms with E-state index in [1.807, 2.05) is 36.5 Å². The summed E-state index contributed by atoms with van der Waals surface area (Å²) in [5, 5.41) is 4.43. The minimum atomic E-state index is 0.368. The van der Waals surface area contributed by atoms with Crippen molar-refractivity contribution in [1.29, 1.82) is 0 Å². The molecule has 1 fully saturated rings. The Kier molecular flexibility index (Phi) is 7.36. The molecule has 1 saturated heterocycles. The van der Waals surface area contributed by atoms with E-state index in [0.29, 0.717) is 25.2 Å². The van der Waals surface area contributed by atoms with Crippen LogP contribution >= 0.6 is 0 Å². The third kappa shape index (κ3) is 5.71. The molecule has 6 nitrogen and oxygen atoms in total. The van der Waals surface area contributed by atoms with E-state index in [-0.39, 0.29) is 0 Å². The van der Waals surface area contributed by atoms with Crippen LogP contribution in [0.3, 0.4) is 0 Å². The van der Waals surface area contributed by atoms with Gasteiger partial charge in [0.15, 0.2) is 0 Å². The van der Waals surface area contributed by atoms with Gasteiger partial charge in [0.05, 0.1) is 31.9 Å². The monoisotopic (exact) mass is 516 g/mol. The molecule has 0 amide bonds. The number of fused-ring (bicyclic) bond motifs is 1. The lowest BCUT2D eigenvalue weighted by molar-refractivity contribution is 0.108. The number of anilines is 3. The molecule has 5 aromatic rings. The van der Waals surface area contributed by atoms with E-state index in [1.54, 1.807) is 7.11 Å². The molecular formula is C33H32N4O2. The summed E-state index contributed by atoms with van der Waals surface area (Å²) in [7, 11) is 1.68. The second-order valence-electron chi connectivity index (χ2n) is 9.83. The van der Waals surface area contributed by atoms with Crippen molar-refractivity contribution in [2.75, 3.05) is 30.5 Å². The van der Waals surface area contributed by atoms with Gasteiger partial charge < -0.3 is 19.7 Å². The van der Waals surface area contributed by atoms with Gasteiger partial charge in [0.1, 0.15) is 5.75 Å². The molecule has 6 heteroatoms. The van der Waals surface area contributed by atoms with Crippen LogP contribution in [0.25, 0.3) is 22.0 Å². The number of methoxy groups -OCH3 is 1. The number of benzene rings is 4. The first-order valence-corrected chi connectivity index (χ1v) is 13.4. The van der Waals surface area contributed by atoms with E-state index in [9.17, 15) is 0 Å². The molecule has 0 aliphatic carbocycles. The lowest BCUT2D eigenvalue weighted by Crippen LogP contribution is -2.33. The summed E-state index contributed by atoms with van der Waals surface area (Å²) < 4.78 is 11.4. The van der Waals surface area contributed by atoms with Crippen LogP contribution in [0.2, 0.25) is 0 Å². The van der Waals surface area contributed by atoms with Crippen LogP contribution in [0.4, 0.5) is 17.3 Å². The zero-order valence-electron chi connectivity index (χ0n) is 22.1. The van der Waals surface area contributed by atoms with Gasteiger partial charge in [-0.3, -0.25) is 0 Å². The van der Waals surface area contributed by atoms with Crippen molar-refractivity contribution in [1.82, 2.24) is 9.97 Å². The van der Waals surface area contributed by atoms with Gasteiger partial charge in [-0.2, -0.15) is 0 Å². The van der Waals surface area contributed by atoms with Gasteiger partial charge in [0.25, 0.3) is 0 Å². The van der Waals surface area contributed by atoms with Crippen LogP contribution in [-0.4, -0.2) is 36.3 Å². The third-order valence-electron chi connectivity index (χ3n) is 7.24. The minimum Gasteiger partial charge on any atom is -0.497 e. The molecule has 0 bridgehead atoms. The third-order valence-corrected chi connectivity index (χ3v) is 7.24. The number of ether oxygens (including phenoxy) is 2. The van der Waals surface area contributed by atoms with E-state index < -0.39 is 0 Å². The first-order chi connectivity index (χ1) is 19.3. The Labute approximate surface area is 229 Å². The molecule has 2 heterocycles. The Morgan fingerprint density at radius 2 is 1.77 bits per heavy atom. The van der Waals surface area contributed by atoms with E-state index in [4.69, 9.17) is 14.5 Å². The standard InChI is InChI=1S/C33H32N4O2/c1-38-30-17-15-25(16-18-30)31-14-5-10-26-21-34-33(36-32(26)31)35-27-11-6-12-28(20-27)37-19-7-13-29(37)23-39-22-24-8-3-2-4-9-24/h2-6,8-12,14-18,20-21,29H,7,13,19,22-23H2,1H3,(H,34,35,36). The number of nitrogens with zero attached hydrogens (tertiary/aromatic N) is 3. The highest BCUT2D eigenvalue weighted by atomic mass is 16.5. The molecule has 0 radical (unpaired) electrons. The maximum absolute atomic E-state index is 6.10. The van der Waals surface area contributed by atoms with Crippen LogP contribution < -0.4 is 15.0 Å². The van der Waals surface area contributed by atoms with Gasteiger partial charge >= 0.3 is 0 Å². The maximum Gasteiger partial charge on any atom is 0.227 e. The summed E-state index contributed by atoms with van der Waals surface area (Å²) in [6.45, 7) is 2.39. The zero-order valence-corrected chi connectivity index (χ0v) is 22.1. The molecule has 0 saturated carbocycles. The first-order valence-electron chi connectivity index (χ1n) is 13.4. The zero-order chi connectivity index (χ0) is 26.4. The molecule has 0 spiro atoms. The van der Waals surface area contributed by atoms with Gasteiger partial charge in [-0.15, -0.1) is 0 Å². The van der Waals surface area contributed by atoms with E-state index in [2.05, 4.69) is 81.9 Å². The van der Waals surface area contributed by atoms with Gasteiger partial charge in [0, 0.05) is 35.1 Å². The highest BCUT2D eigenvalue weighted by molar-refractivity contribution is 5.94. The van der Waals surface area contributed by atoms with Crippen molar-refractivity contribution in [3.8, 4) is 16.9 Å². The fourth-order valence-corrected chi connectivity index (χ4v) is 5.25. The first kappa shape index (κ1) is 24.9. The molecule has 1 atom stereocenters. The number of hydrogen-bond donors (Lipinski definition) is 1. The van der Waals surface area contributed by atoms with Gasteiger partial charge in [-0.25, -0.2) is 9.97 Å². The van der Waals surface area contributed by atoms with Crippen LogP contribution in [0.15, 0.2) is 103 Å². The Bertz CT molecular complexity index is 1540. The lowest BCUT2D eigenvalue weighted by Gasteiger charge is -2.27. The maximum atomic E-state index is 6.10. The Morgan fingerprint density at radius 3 is 2.62 bits per heavy atom. The molecular weight excluding hydrogens is 484 g/mol. The van der Waals surface area contributed by atoms with E-state index in [1.165, 1.54) is 17.7 Å². The average molecular weight is 517 g/mol. The van der Waals surface area contributed by atoms with Crippen molar-refractivity contribution in [2.45, 2.75) is 25.5 Å². The van der Waals surface area contributed by atoms with Gasteiger partial charge in [-0.1, -0.05) is 66.7 Å². The van der Waals surface area contributed by atoms with Crippen LogP contribution in [0.1, 0.15) is 18.4 Å². The van der Waals surface area contributed by atoms with Crippen molar-refractivity contribution in [2.24, 2.45) is 0 Å². The number of hydrogen-bond acceptors (Lipinski definition) is 6. The molecule has 1 aromatic heterocycles. The van der Waals surface area contributed by atoms with Crippen LogP contribution in [0.5, 0.6) is 5.75 Å². The van der Waals surface area contributed by atoms with Crippen molar-refractivity contribution < 1.29 is 9.47 Å². The summed E-state index contributed by atoms with van der Waals surface area (Å²) in [5.41, 5.74) is 6.41. The summed E-state index contributed by atoms with van der Waals surface area (Å²) in [6.07, 6.45) is 4.18. The number of para-hydroxylation sites is 1. The quantitative estimate of drug-likeness (QED) is 0.223. The molecule has 196 valence electrons. The van der Waals surface area contributed by atoms with E-state index >= 15 is 0 Å². The average Bonchev–Trinajstić information content (AvgIpc) is 3.46. The van der Waals surface area contributed by atoms with Crippen molar-refractivity contribution in [3.63, 3.8) is 0 Å². The summed E-state index contributed by atoms with van der Waals surface area (Å²) in [4.78, 5) is 12.0. The molecule has 1 aliphatic heterocycles. The molecule has 1 N–H and O–H groups in total. The predicted molar refractivity (Wildman–Crippen MR) is 158 cm³/mol. The highest BCUT2D eigenvalue weighted by Crippen LogP contribution is 2.31. The second kappa shape index (κ2) is 11.5. The number of nitrogens with one attached hydrogen (secondary N) is 1. The molecule has 4 aromatic carbocycles. The van der Waals surface area contributed by atoms with Gasteiger partial charge in [0.2, 0.25) is 5.95 Å². The topological polar surface area (TPSA) is 59.5 Å². The minimum absolute atomic E-state index is 0.368. The normalized spacial score (nSPS) is 15.0.